The van der Waals surface area contributed by atoms with Gasteiger partial charge in [0.15, 0.2) is 0 Å². The van der Waals surface area contributed by atoms with Crippen molar-refractivity contribution in [3.8, 4) is 55.6 Å². The molecule has 3 aliphatic rings. The van der Waals surface area contributed by atoms with E-state index in [0.29, 0.717) is 0 Å². The minimum atomic E-state index is -0.440. The number of fused-ring (bicyclic) bond motifs is 5. The van der Waals surface area contributed by atoms with Crippen LogP contribution in [0.2, 0.25) is 0 Å². The van der Waals surface area contributed by atoms with E-state index in [-0.39, 0.29) is 5.41 Å². The van der Waals surface area contributed by atoms with Crippen LogP contribution in [0.3, 0.4) is 0 Å². The zero-order chi connectivity index (χ0) is 54.3. The van der Waals surface area contributed by atoms with E-state index in [2.05, 4.69) is 316 Å². The molecule has 0 amide bonds. The van der Waals surface area contributed by atoms with Crippen LogP contribution in [0, 0.1) is 0 Å². The molecule has 0 heterocycles. The Hall–Kier alpha value is -9.56. The smallest absolute Gasteiger partial charge is 0.0713 e. The van der Waals surface area contributed by atoms with Gasteiger partial charge in [-0.2, -0.15) is 0 Å². The number of nitrogens with zero attached hydrogens (tertiary/aromatic N) is 1. The lowest BCUT2D eigenvalue weighted by molar-refractivity contribution is 0.484. The van der Waals surface area contributed by atoms with Crippen LogP contribution in [0.4, 0.5) is 11.4 Å². The maximum Gasteiger partial charge on any atom is 0.0713 e. The molecule has 0 unspecified atom stereocenters. The van der Waals surface area contributed by atoms with Crippen LogP contribution in [-0.4, -0.2) is 0 Å². The third-order valence-electron chi connectivity index (χ3n) is 17.9. The van der Waals surface area contributed by atoms with Crippen molar-refractivity contribution in [2.75, 3.05) is 4.90 Å². The molecule has 0 saturated carbocycles. The molecule has 388 valence electrons. The van der Waals surface area contributed by atoms with Crippen LogP contribution < -0.4 is 4.90 Å². The van der Waals surface area contributed by atoms with Gasteiger partial charge in [0.05, 0.1) is 5.41 Å². The van der Waals surface area contributed by atoms with Crippen LogP contribution in [0.5, 0.6) is 0 Å². The van der Waals surface area contributed by atoms with Gasteiger partial charge in [-0.3, -0.25) is 0 Å². The Morgan fingerprint density at radius 3 is 1.32 bits per heavy atom. The Kier molecular flexibility index (Phi) is 12.8. The van der Waals surface area contributed by atoms with Crippen molar-refractivity contribution in [1.82, 2.24) is 0 Å². The van der Waals surface area contributed by atoms with Crippen LogP contribution >= 0.6 is 0 Å². The third-order valence-corrected chi connectivity index (χ3v) is 17.9. The quantitative estimate of drug-likeness (QED) is 0.104. The molecule has 11 aromatic rings. The zero-order valence-corrected chi connectivity index (χ0v) is 46.1. The number of hydrogen-bond acceptors (Lipinski definition) is 1. The summed E-state index contributed by atoms with van der Waals surface area (Å²) in [6.07, 6.45) is 11.2. The van der Waals surface area contributed by atoms with Crippen molar-refractivity contribution in [1.29, 1.82) is 0 Å². The second-order valence-electron chi connectivity index (χ2n) is 22.1. The topological polar surface area (TPSA) is 3.24 Å². The molecular formula is C80H63N. The van der Waals surface area contributed by atoms with Gasteiger partial charge in [0.25, 0.3) is 0 Å². The largest absolute Gasteiger partial charge is 0.314 e. The predicted octanol–water partition coefficient (Wildman–Crippen LogP) is 21.2. The highest BCUT2D eigenvalue weighted by Crippen LogP contribution is 2.58. The van der Waals surface area contributed by atoms with E-state index in [1.165, 1.54) is 117 Å². The van der Waals surface area contributed by atoms with E-state index in [4.69, 9.17) is 0 Å². The first-order chi connectivity index (χ1) is 40.0. The lowest BCUT2D eigenvalue weighted by Gasteiger charge is -2.36. The van der Waals surface area contributed by atoms with E-state index < -0.39 is 5.41 Å². The summed E-state index contributed by atoms with van der Waals surface area (Å²) in [5, 5.41) is 0. The normalized spacial score (nSPS) is 14.5. The van der Waals surface area contributed by atoms with E-state index in [9.17, 15) is 0 Å². The summed E-state index contributed by atoms with van der Waals surface area (Å²) in [5.41, 5.74) is 28.7. The maximum absolute atomic E-state index is 2.62. The molecule has 0 N–H and O–H groups in total. The molecule has 0 atom stereocenters. The van der Waals surface area contributed by atoms with Gasteiger partial charge >= 0.3 is 0 Å². The van der Waals surface area contributed by atoms with Crippen LogP contribution in [0.15, 0.2) is 296 Å². The fourth-order valence-corrected chi connectivity index (χ4v) is 14.1. The molecule has 0 aliphatic heterocycles. The number of benzene rings is 11. The summed E-state index contributed by atoms with van der Waals surface area (Å²) in [6.45, 7) is 4.82. The summed E-state index contributed by atoms with van der Waals surface area (Å²) in [4.78, 5) is 2.61. The highest BCUT2D eigenvalue weighted by Gasteiger charge is 2.47. The van der Waals surface area contributed by atoms with Crippen LogP contribution in [0.25, 0.3) is 73.4 Å². The van der Waals surface area contributed by atoms with E-state index in [1.807, 2.05) is 0 Å². The molecule has 3 aliphatic carbocycles. The van der Waals surface area contributed by atoms with Crippen molar-refractivity contribution < 1.29 is 0 Å². The predicted molar refractivity (Wildman–Crippen MR) is 342 cm³/mol. The molecule has 0 saturated heterocycles. The van der Waals surface area contributed by atoms with Gasteiger partial charge in [0.2, 0.25) is 0 Å². The number of hydrogen-bond donors (Lipinski definition) is 0. The molecular weight excluding hydrogens is 975 g/mol. The Morgan fingerprint density at radius 1 is 0.370 bits per heavy atom. The zero-order valence-electron chi connectivity index (χ0n) is 46.1. The summed E-state index contributed by atoms with van der Waals surface area (Å²) >= 11 is 0. The molecule has 1 heteroatoms. The average molecular weight is 1040 g/mol. The monoisotopic (exact) mass is 1040 g/mol. The average Bonchev–Trinajstić information content (AvgIpc) is 3.87. The Labute approximate surface area is 478 Å². The fourth-order valence-electron chi connectivity index (χ4n) is 14.1. The Morgan fingerprint density at radius 2 is 0.827 bits per heavy atom. The molecule has 81 heavy (non-hydrogen) atoms. The third kappa shape index (κ3) is 8.55. The molecule has 14 rings (SSSR count). The second kappa shape index (κ2) is 20.9. The molecule has 0 radical (unpaired) electrons. The number of anilines is 2. The highest BCUT2D eigenvalue weighted by atomic mass is 15.1. The molecule has 0 aromatic heterocycles. The fraction of sp³-hybridized carbons (Fsp3) is 0.100. The van der Waals surface area contributed by atoms with Crippen LogP contribution in [0.1, 0.15) is 84.0 Å². The molecule has 0 spiro atoms. The SMILES string of the molecule is CCC1(CC)C2=C(CCC(N(c3cc(-c4ccccc4)cc(-c4ccccc4)c3)c3cc(-c4ccccc4)cc(-c4ccccc4)c3)=C2)c2ccc(/C=C/c3cccc4c3-c3ccccc3C4(c3ccccc3)c3ccccc3)cc21. The van der Waals surface area contributed by atoms with Gasteiger partial charge in [-0.25, -0.2) is 0 Å². The highest BCUT2D eigenvalue weighted by molar-refractivity contribution is 5.94. The van der Waals surface area contributed by atoms with E-state index in [0.717, 1.165) is 37.1 Å². The summed E-state index contributed by atoms with van der Waals surface area (Å²) in [6, 6.07) is 104. The van der Waals surface area contributed by atoms with Crippen molar-refractivity contribution >= 4 is 29.1 Å². The minimum Gasteiger partial charge on any atom is -0.314 e. The Balaban J connectivity index is 0.904. The molecule has 0 bridgehead atoms. The van der Waals surface area contributed by atoms with E-state index >= 15 is 0 Å². The number of allylic oxidation sites excluding steroid dienone is 4. The molecule has 1 nitrogen and oxygen atoms in total. The summed E-state index contributed by atoms with van der Waals surface area (Å²) in [7, 11) is 0. The second-order valence-corrected chi connectivity index (χ2v) is 22.1. The molecule has 0 fully saturated rings. The van der Waals surface area contributed by atoms with Crippen LogP contribution in [-0.2, 0) is 10.8 Å². The molecule has 11 aromatic carbocycles. The first-order valence-corrected chi connectivity index (χ1v) is 29.0. The van der Waals surface area contributed by atoms with Gasteiger partial charge in [-0.05, 0) is 179 Å². The standard InChI is InChI=1S/C80H63N/c1-3-79(4-2)76-48-56(42-44-61-34-25-41-75-78(61)73-39-23-24-40-74(73)80(75,66-35-19-9-20-36-66)67-37-21-10-22-38-67)43-46-71(76)72-47-45-68(55-77(72)79)81(69-51-62(57-26-11-5-12-27-57)49-63(52-69)58-28-13-6-14-29-58)70-53-64(59-30-15-7-16-31-59)50-65(54-70)60-32-17-8-18-33-60/h5-44,46,48-55H,3-4,45,47H2,1-2H3/b44-42+. The Bertz CT molecular complexity index is 3920. The van der Waals surface area contributed by atoms with Gasteiger partial charge in [0.1, 0.15) is 0 Å². The van der Waals surface area contributed by atoms with Crippen molar-refractivity contribution in [2.45, 2.75) is 50.4 Å². The van der Waals surface area contributed by atoms with Gasteiger partial charge in [-0.1, -0.05) is 269 Å². The first kappa shape index (κ1) is 49.7. The first-order valence-electron chi connectivity index (χ1n) is 29.0. The lowest BCUT2D eigenvalue weighted by atomic mass is 9.67. The summed E-state index contributed by atoms with van der Waals surface area (Å²) in [5.74, 6) is 0. The van der Waals surface area contributed by atoms with Gasteiger partial charge in [0, 0.05) is 22.5 Å². The summed E-state index contributed by atoms with van der Waals surface area (Å²) < 4.78 is 0. The number of rotatable bonds is 13. The van der Waals surface area contributed by atoms with Gasteiger partial charge in [-0.15, -0.1) is 0 Å². The van der Waals surface area contributed by atoms with Crippen molar-refractivity contribution in [3.63, 3.8) is 0 Å². The van der Waals surface area contributed by atoms with Gasteiger partial charge < -0.3 is 4.90 Å². The lowest BCUT2D eigenvalue weighted by Crippen LogP contribution is -2.28. The minimum absolute atomic E-state index is 0.161. The maximum atomic E-state index is 2.62. The van der Waals surface area contributed by atoms with Crippen molar-refractivity contribution in [3.05, 3.63) is 341 Å². The van der Waals surface area contributed by atoms with Crippen molar-refractivity contribution in [2.24, 2.45) is 0 Å². The van der Waals surface area contributed by atoms with E-state index in [1.54, 1.807) is 0 Å².